The average Bonchev–Trinajstić information content (AvgIpc) is 2.71. The molecule has 2 aromatic rings. The van der Waals surface area contributed by atoms with Crippen molar-refractivity contribution in [2.24, 2.45) is 0 Å². The first kappa shape index (κ1) is 9.46. The largest absolute Gasteiger partial charge is 0.465 e. The van der Waals surface area contributed by atoms with E-state index in [1.165, 1.54) is 23.7 Å². The molecule has 0 unspecified atom stereocenters. The van der Waals surface area contributed by atoms with Gasteiger partial charge in [-0.1, -0.05) is 11.3 Å². The number of nitrogens with zero attached hydrogens (tertiary/aromatic N) is 4. The molecule has 0 saturated heterocycles. The lowest BCUT2D eigenvalue weighted by Gasteiger charge is -1.98. The zero-order valence-corrected chi connectivity index (χ0v) is 8.10. The first-order valence-corrected chi connectivity index (χ1v) is 4.72. The normalized spacial score (nSPS) is 9.87. The zero-order valence-electron chi connectivity index (χ0n) is 7.28. The van der Waals surface area contributed by atoms with Gasteiger partial charge in [0.25, 0.3) is 0 Å². The first-order chi connectivity index (χ1) is 7.25. The van der Waals surface area contributed by atoms with Crippen LogP contribution in [0.25, 0.3) is 10.7 Å². The van der Waals surface area contributed by atoms with E-state index in [9.17, 15) is 4.79 Å². The molecule has 7 nitrogen and oxygen atoms in total. The molecule has 0 fully saturated rings. The molecule has 0 radical (unpaired) electrons. The fourth-order valence-corrected chi connectivity index (χ4v) is 1.41. The molecule has 0 saturated carbocycles. The van der Waals surface area contributed by atoms with Crippen LogP contribution in [0.5, 0.6) is 0 Å². The number of anilines is 1. The number of hydrogen-bond donors (Lipinski definition) is 2. The second-order valence-electron chi connectivity index (χ2n) is 2.46. The molecule has 0 bridgehead atoms. The Kier molecular flexibility index (Phi) is 2.50. The third-order valence-corrected chi connectivity index (χ3v) is 2.18. The minimum absolute atomic E-state index is 0.177. The molecular formula is C7H5N5O2S. The summed E-state index contributed by atoms with van der Waals surface area (Å²) in [6.07, 6.45) is 1.59. The molecule has 2 rings (SSSR count). The van der Waals surface area contributed by atoms with Gasteiger partial charge in [0.1, 0.15) is 11.2 Å². The quantitative estimate of drug-likeness (QED) is 0.790. The lowest BCUT2D eigenvalue weighted by atomic mass is 10.5. The van der Waals surface area contributed by atoms with Gasteiger partial charge in [0, 0.05) is 0 Å². The predicted octanol–water partition coefficient (Wildman–Crippen LogP) is 1.08. The maximum absolute atomic E-state index is 10.3. The van der Waals surface area contributed by atoms with Gasteiger partial charge in [-0.05, 0) is 0 Å². The predicted molar refractivity (Wildman–Crippen MR) is 52.6 cm³/mol. The Morgan fingerprint density at radius 1 is 1.40 bits per heavy atom. The fourth-order valence-electron chi connectivity index (χ4n) is 0.897. The highest BCUT2D eigenvalue weighted by Gasteiger charge is 2.04. The molecule has 76 valence electrons. The number of rotatable bonds is 2. The van der Waals surface area contributed by atoms with Gasteiger partial charge in [-0.2, -0.15) is 0 Å². The van der Waals surface area contributed by atoms with Crippen molar-refractivity contribution < 1.29 is 9.90 Å². The van der Waals surface area contributed by atoms with Crippen LogP contribution in [0.3, 0.4) is 0 Å². The van der Waals surface area contributed by atoms with Crippen LogP contribution < -0.4 is 5.32 Å². The van der Waals surface area contributed by atoms with Crippen LogP contribution >= 0.6 is 11.3 Å². The SMILES string of the molecule is O=C(O)Nc1cnc(-c2nncs2)cn1. The summed E-state index contributed by atoms with van der Waals surface area (Å²) in [6, 6.07) is 0. The fraction of sp³-hybridized carbons (Fsp3) is 0. The van der Waals surface area contributed by atoms with Crippen LogP contribution in [-0.4, -0.2) is 31.4 Å². The van der Waals surface area contributed by atoms with E-state index in [4.69, 9.17) is 5.11 Å². The van der Waals surface area contributed by atoms with Gasteiger partial charge in [-0.3, -0.25) is 5.32 Å². The standard InChI is InChI=1S/C7H5N5O2S/c13-7(14)11-5-2-8-4(1-9-5)6-12-10-3-15-6/h1-3H,(H,9,11)(H,13,14). The van der Waals surface area contributed by atoms with Crippen molar-refractivity contribution in [3.05, 3.63) is 17.9 Å². The van der Waals surface area contributed by atoms with E-state index < -0.39 is 6.09 Å². The molecule has 0 aliphatic heterocycles. The molecule has 1 amide bonds. The van der Waals surface area contributed by atoms with Crippen LogP contribution in [0.2, 0.25) is 0 Å². The summed E-state index contributed by atoms with van der Waals surface area (Å²) in [5.41, 5.74) is 2.15. The Balaban J connectivity index is 2.21. The number of hydrogen-bond acceptors (Lipinski definition) is 6. The summed E-state index contributed by atoms with van der Waals surface area (Å²) in [6.45, 7) is 0. The Hall–Kier alpha value is -2.09. The molecule has 2 N–H and O–H groups in total. The van der Waals surface area contributed by atoms with Crippen LogP contribution in [0.15, 0.2) is 17.9 Å². The highest BCUT2D eigenvalue weighted by Crippen LogP contribution is 2.17. The molecule has 2 heterocycles. The Morgan fingerprint density at radius 3 is 2.80 bits per heavy atom. The van der Waals surface area contributed by atoms with Gasteiger partial charge in [-0.25, -0.2) is 14.8 Å². The van der Waals surface area contributed by atoms with E-state index in [1.54, 1.807) is 5.51 Å². The average molecular weight is 223 g/mol. The summed E-state index contributed by atoms with van der Waals surface area (Å²) in [4.78, 5) is 18.1. The molecule has 0 aliphatic rings. The van der Waals surface area contributed by atoms with Gasteiger partial charge in [0.2, 0.25) is 0 Å². The van der Waals surface area contributed by atoms with E-state index in [2.05, 4.69) is 25.5 Å². The minimum atomic E-state index is -1.17. The molecule has 15 heavy (non-hydrogen) atoms. The summed E-state index contributed by atoms with van der Waals surface area (Å²) in [5, 5.41) is 18.6. The van der Waals surface area contributed by atoms with Crippen LogP contribution in [0.4, 0.5) is 10.6 Å². The lowest BCUT2D eigenvalue weighted by Crippen LogP contribution is -2.08. The van der Waals surface area contributed by atoms with Crippen molar-refractivity contribution in [2.75, 3.05) is 5.32 Å². The van der Waals surface area contributed by atoms with Crippen molar-refractivity contribution in [1.29, 1.82) is 0 Å². The van der Waals surface area contributed by atoms with Gasteiger partial charge in [0.15, 0.2) is 10.8 Å². The van der Waals surface area contributed by atoms with Crippen LogP contribution in [0.1, 0.15) is 0 Å². The topological polar surface area (TPSA) is 101 Å². The van der Waals surface area contributed by atoms with Crippen molar-refractivity contribution in [2.45, 2.75) is 0 Å². The van der Waals surface area contributed by atoms with Crippen LogP contribution in [0, 0.1) is 0 Å². The third kappa shape index (κ3) is 2.23. The second-order valence-corrected chi connectivity index (χ2v) is 3.29. The smallest absolute Gasteiger partial charge is 0.410 e. The molecule has 2 aromatic heterocycles. The minimum Gasteiger partial charge on any atom is -0.465 e. The number of carboxylic acid groups (broad SMARTS) is 1. The Bertz CT molecular complexity index is 455. The van der Waals surface area contributed by atoms with Gasteiger partial charge in [0.05, 0.1) is 12.4 Å². The lowest BCUT2D eigenvalue weighted by molar-refractivity contribution is 0.209. The van der Waals surface area contributed by atoms with Crippen molar-refractivity contribution in [3.8, 4) is 10.7 Å². The van der Waals surface area contributed by atoms with E-state index in [0.29, 0.717) is 10.7 Å². The summed E-state index contributed by atoms with van der Waals surface area (Å²) in [7, 11) is 0. The molecular weight excluding hydrogens is 218 g/mol. The molecule has 0 aromatic carbocycles. The van der Waals surface area contributed by atoms with Crippen molar-refractivity contribution >= 4 is 23.2 Å². The maximum Gasteiger partial charge on any atom is 0.410 e. The maximum atomic E-state index is 10.3. The third-order valence-electron chi connectivity index (χ3n) is 1.47. The summed E-state index contributed by atoms with van der Waals surface area (Å²) in [5.74, 6) is 0.177. The van der Waals surface area contributed by atoms with Crippen molar-refractivity contribution in [1.82, 2.24) is 20.2 Å². The molecule has 0 spiro atoms. The molecule has 8 heteroatoms. The number of carbonyl (C=O) groups is 1. The number of amides is 1. The number of aromatic nitrogens is 4. The van der Waals surface area contributed by atoms with E-state index in [-0.39, 0.29) is 5.82 Å². The molecule has 0 aliphatic carbocycles. The van der Waals surface area contributed by atoms with E-state index in [1.807, 2.05) is 0 Å². The number of nitrogens with one attached hydrogen (secondary N) is 1. The summed E-state index contributed by atoms with van der Waals surface area (Å²) < 4.78 is 0. The molecule has 0 atom stereocenters. The first-order valence-electron chi connectivity index (χ1n) is 3.84. The van der Waals surface area contributed by atoms with E-state index in [0.717, 1.165) is 0 Å². The van der Waals surface area contributed by atoms with Gasteiger partial charge in [-0.15, -0.1) is 10.2 Å². The monoisotopic (exact) mass is 223 g/mol. The zero-order chi connectivity index (χ0) is 10.7. The Labute approximate surface area is 87.8 Å². The van der Waals surface area contributed by atoms with Crippen molar-refractivity contribution in [3.63, 3.8) is 0 Å². The second kappa shape index (κ2) is 3.96. The van der Waals surface area contributed by atoms with Gasteiger partial charge >= 0.3 is 6.09 Å². The Morgan fingerprint density at radius 2 is 2.27 bits per heavy atom. The van der Waals surface area contributed by atoms with Gasteiger partial charge < -0.3 is 5.11 Å². The summed E-state index contributed by atoms with van der Waals surface area (Å²) >= 11 is 1.33. The van der Waals surface area contributed by atoms with Crippen LogP contribution in [-0.2, 0) is 0 Å². The highest BCUT2D eigenvalue weighted by molar-refractivity contribution is 7.12. The highest BCUT2D eigenvalue weighted by atomic mass is 32.1. The van der Waals surface area contributed by atoms with E-state index >= 15 is 0 Å².